The molecule has 2 atom stereocenters. The van der Waals surface area contributed by atoms with Gasteiger partial charge in [0, 0.05) is 25.7 Å². The zero-order valence-corrected chi connectivity index (χ0v) is 14.8. The SMILES string of the molecule is Cc1nc2cc(N[C@H](C)C(=O)N(C)[C@@H]3CCS(=O)(=O)C3)ccc2o1. The van der Waals surface area contributed by atoms with Crippen LogP contribution in [0.25, 0.3) is 11.1 Å². The van der Waals surface area contributed by atoms with Crippen LogP contribution in [0, 0.1) is 6.92 Å². The summed E-state index contributed by atoms with van der Waals surface area (Å²) in [5.74, 6) is 0.660. The van der Waals surface area contributed by atoms with Gasteiger partial charge in [0.15, 0.2) is 21.3 Å². The van der Waals surface area contributed by atoms with Crippen molar-refractivity contribution in [1.82, 2.24) is 9.88 Å². The lowest BCUT2D eigenvalue weighted by Gasteiger charge is -2.27. The molecule has 0 bridgehead atoms. The maximum absolute atomic E-state index is 12.5. The Hall–Kier alpha value is -2.09. The van der Waals surface area contributed by atoms with Crippen molar-refractivity contribution in [3.63, 3.8) is 0 Å². The first kappa shape index (κ1) is 16.8. The van der Waals surface area contributed by atoms with Gasteiger partial charge in [0.25, 0.3) is 0 Å². The number of likely N-dealkylation sites (N-methyl/N-ethyl adjacent to an activating group) is 1. The average Bonchev–Trinajstić information content (AvgIpc) is 3.06. The fourth-order valence-corrected chi connectivity index (χ4v) is 4.78. The lowest BCUT2D eigenvalue weighted by Crippen LogP contribution is -2.45. The lowest BCUT2D eigenvalue weighted by molar-refractivity contribution is -0.132. The van der Waals surface area contributed by atoms with Crippen molar-refractivity contribution < 1.29 is 17.6 Å². The molecule has 0 aliphatic carbocycles. The summed E-state index contributed by atoms with van der Waals surface area (Å²) in [4.78, 5) is 18.4. The highest BCUT2D eigenvalue weighted by atomic mass is 32.2. The number of anilines is 1. The van der Waals surface area contributed by atoms with Crippen LogP contribution < -0.4 is 5.32 Å². The fourth-order valence-electron chi connectivity index (χ4n) is 3.01. The van der Waals surface area contributed by atoms with E-state index in [9.17, 15) is 13.2 Å². The van der Waals surface area contributed by atoms with Crippen LogP contribution in [0.3, 0.4) is 0 Å². The van der Waals surface area contributed by atoms with E-state index in [2.05, 4.69) is 10.3 Å². The molecule has 1 N–H and O–H groups in total. The largest absolute Gasteiger partial charge is 0.441 e. The lowest BCUT2D eigenvalue weighted by atomic mass is 10.2. The van der Waals surface area contributed by atoms with Gasteiger partial charge in [-0.3, -0.25) is 4.79 Å². The Morgan fingerprint density at radius 1 is 1.46 bits per heavy atom. The summed E-state index contributed by atoms with van der Waals surface area (Å²) in [5, 5.41) is 3.15. The summed E-state index contributed by atoms with van der Waals surface area (Å²) in [6.45, 7) is 3.55. The second-order valence-electron chi connectivity index (χ2n) is 6.29. The van der Waals surface area contributed by atoms with E-state index in [1.165, 1.54) is 0 Å². The van der Waals surface area contributed by atoms with Gasteiger partial charge in [0.2, 0.25) is 5.91 Å². The first-order chi connectivity index (χ1) is 11.2. The number of hydrogen-bond donors (Lipinski definition) is 1. The van der Waals surface area contributed by atoms with Crippen LogP contribution in [0.1, 0.15) is 19.2 Å². The monoisotopic (exact) mass is 351 g/mol. The van der Waals surface area contributed by atoms with Crippen molar-refractivity contribution in [3.8, 4) is 0 Å². The molecule has 1 aliphatic rings. The van der Waals surface area contributed by atoms with Crippen molar-refractivity contribution in [2.45, 2.75) is 32.4 Å². The summed E-state index contributed by atoms with van der Waals surface area (Å²) >= 11 is 0. The van der Waals surface area contributed by atoms with Gasteiger partial charge in [-0.1, -0.05) is 0 Å². The van der Waals surface area contributed by atoms with Gasteiger partial charge in [0.05, 0.1) is 11.5 Å². The Morgan fingerprint density at radius 3 is 2.88 bits per heavy atom. The molecule has 0 unspecified atom stereocenters. The van der Waals surface area contributed by atoms with Gasteiger partial charge in [-0.05, 0) is 31.5 Å². The minimum Gasteiger partial charge on any atom is -0.441 e. The molecule has 0 radical (unpaired) electrons. The first-order valence-corrected chi connectivity index (χ1v) is 9.68. The number of carbonyl (C=O) groups excluding carboxylic acids is 1. The number of hydrogen-bond acceptors (Lipinski definition) is 6. The molecule has 130 valence electrons. The second kappa shape index (κ2) is 6.08. The van der Waals surface area contributed by atoms with Crippen LogP contribution in [0.15, 0.2) is 22.6 Å². The van der Waals surface area contributed by atoms with E-state index in [0.29, 0.717) is 17.9 Å². The van der Waals surface area contributed by atoms with E-state index >= 15 is 0 Å². The van der Waals surface area contributed by atoms with E-state index in [-0.39, 0.29) is 23.5 Å². The zero-order valence-electron chi connectivity index (χ0n) is 13.9. The highest BCUT2D eigenvalue weighted by molar-refractivity contribution is 7.91. The number of benzene rings is 1. The molecule has 7 nitrogen and oxygen atoms in total. The number of amides is 1. The normalized spacial score (nSPS) is 20.9. The second-order valence-corrected chi connectivity index (χ2v) is 8.52. The van der Waals surface area contributed by atoms with E-state index in [0.717, 1.165) is 11.2 Å². The van der Waals surface area contributed by atoms with E-state index in [4.69, 9.17) is 4.42 Å². The number of oxazole rings is 1. The Morgan fingerprint density at radius 2 is 2.21 bits per heavy atom. The molecule has 1 fully saturated rings. The van der Waals surface area contributed by atoms with Gasteiger partial charge in [0.1, 0.15) is 11.6 Å². The number of fused-ring (bicyclic) bond motifs is 1. The molecule has 0 saturated carbocycles. The third-order valence-electron chi connectivity index (χ3n) is 4.35. The Kier molecular flexibility index (Phi) is 4.25. The van der Waals surface area contributed by atoms with Crippen molar-refractivity contribution >= 4 is 32.5 Å². The summed E-state index contributed by atoms with van der Waals surface area (Å²) < 4.78 is 28.6. The van der Waals surface area contributed by atoms with Crippen LogP contribution in [-0.4, -0.2) is 54.8 Å². The summed E-state index contributed by atoms with van der Waals surface area (Å²) in [6, 6.07) is 4.75. The molecule has 1 aliphatic heterocycles. The van der Waals surface area contributed by atoms with Gasteiger partial charge in [-0.15, -0.1) is 0 Å². The smallest absolute Gasteiger partial charge is 0.244 e. The van der Waals surface area contributed by atoms with Crippen molar-refractivity contribution in [2.24, 2.45) is 0 Å². The molecule has 24 heavy (non-hydrogen) atoms. The Balaban J connectivity index is 1.68. The van der Waals surface area contributed by atoms with Crippen molar-refractivity contribution in [1.29, 1.82) is 0 Å². The summed E-state index contributed by atoms with van der Waals surface area (Å²) in [5.41, 5.74) is 2.20. The molecular weight excluding hydrogens is 330 g/mol. The molecule has 2 aromatic rings. The molecule has 1 amide bonds. The van der Waals surface area contributed by atoms with Gasteiger partial charge < -0.3 is 14.6 Å². The fraction of sp³-hybridized carbons (Fsp3) is 0.500. The minimum absolute atomic E-state index is 0.0478. The molecule has 1 saturated heterocycles. The standard InChI is InChI=1S/C16H21N3O4S/c1-10(16(20)19(3)13-6-7-24(21,22)9-13)17-12-4-5-15-14(8-12)18-11(2)23-15/h4-5,8,10,13,17H,6-7,9H2,1-3H3/t10-,13-/m1/s1. The Labute approximate surface area is 141 Å². The van der Waals surface area contributed by atoms with E-state index in [1.807, 2.05) is 18.2 Å². The minimum atomic E-state index is -3.01. The number of sulfone groups is 1. The van der Waals surface area contributed by atoms with Crippen LogP contribution in [-0.2, 0) is 14.6 Å². The summed E-state index contributed by atoms with van der Waals surface area (Å²) in [7, 11) is -1.35. The average molecular weight is 351 g/mol. The van der Waals surface area contributed by atoms with Crippen molar-refractivity contribution in [2.75, 3.05) is 23.9 Å². The van der Waals surface area contributed by atoms with Gasteiger partial charge >= 0.3 is 0 Å². The number of aryl methyl sites for hydroxylation is 1. The molecular formula is C16H21N3O4S. The Bertz CT molecular complexity index is 875. The molecule has 1 aromatic carbocycles. The van der Waals surface area contributed by atoms with Crippen LogP contribution in [0.4, 0.5) is 5.69 Å². The van der Waals surface area contributed by atoms with Crippen LogP contribution in [0.5, 0.6) is 0 Å². The molecule has 8 heteroatoms. The van der Waals surface area contributed by atoms with E-state index < -0.39 is 15.9 Å². The van der Waals surface area contributed by atoms with Gasteiger partial charge in [-0.25, -0.2) is 13.4 Å². The highest BCUT2D eigenvalue weighted by Gasteiger charge is 2.34. The molecule has 1 aromatic heterocycles. The van der Waals surface area contributed by atoms with Crippen molar-refractivity contribution in [3.05, 3.63) is 24.1 Å². The highest BCUT2D eigenvalue weighted by Crippen LogP contribution is 2.21. The number of nitrogens with zero attached hydrogens (tertiary/aromatic N) is 2. The summed E-state index contributed by atoms with van der Waals surface area (Å²) in [6.07, 6.45) is 0.501. The number of rotatable bonds is 4. The maximum atomic E-state index is 12.5. The predicted molar refractivity (Wildman–Crippen MR) is 91.7 cm³/mol. The molecule has 3 rings (SSSR count). The third kappa shape index (κ3) is 3.38. The van der Waals surface area contributed by atoms with Crippen LogP contribution in [0.2, 0.25) is 0 Å². The maximum Gasteiger partial charge on any atom is 0.244 e. The van der Waals surface area contributed by atoms with E-state index in [1.54, 1.807) is 25.8 Å². The molecule has 0 spiro atoms. The quantitative estimate of drug-likeness (QED) is 0.899. The van der Waals surface area contributed by atoms with Crippen LogP contribution >= 0.6 is 0 Å². The number of aromatic nitrogens is 1. The zero-order chi connectivity index (χ0) is 17.5. The predicted octanol–water partition coefficient (Wildman–Crippen LogP) is 1.58. The first-order valence-electron chi connectivity index (χ1n) is 7.86. The topological polar surface area (TPSA) is 92.5 Å². The molecule has 2 heterocycles. The third-order valence-corrected chi connectivity index (χ3v) is 6.10. The van der Waals surface area contributed by atoms with Gasteiger partial charge in [-0.2, -0.15) is 0 Å². The number of nitrogens with one attached hydrogen (secondary N) is 1. The number of carbonyl (C=O) groups is 1.